The Morgan fingerprint density at radius 1 is 1.50 bits per heavy atom. The van der Waals surface area contributed by atoms with Crippen molar-refractivity contribution >= 4 is 23.5 Å². The van der Waals surface area contributed by atoms with Crippen LogP contribution in [0.25, 0.3) is 0 Å². The third kappa shape index (κ3) is 1.84. The van der Waals surface area contributed by atoms with Crippen molar-refractivity contribution in [3.8, 4) is 0 Å². The van der Waals surface area contributed by atoms with Crippen molar-refractivity contribution in [2.45, 2.75) is 12.1 Å². The van der Waals surface area contributed by atoms with Crippen LogP contribution in [0.4, 0.5) is 5.69 Å². The van der Waals surface area contributed by atoms with Crippen LogP contribution in [0.5, 0.6) is 0 Å². The van der Waals surface area contributed by atoms with Gasteiger partial charge in [-0.25, -0.2) is 4.89 Å². The van der Waals surface area contributed by atoms with Crippen LogP contribution in [0.3, 0.4) is 0 Å². The van der Waals surface area contributed by atoms with E-state index in [-0.39, 0.29) is 5.69 Å². The molecule has 2 rings (SSSR count). The second-order valence-corrected chi connectivity index (χ2v) is 4.39. The lowest BCUT2D eigenvalue weighted by Crippen LogP contribution is -2.56. The molecule has 2 atom stereocenters. The zero-order valence-electron chi connectivity index (χ0n) is 9.35. The SMILES string of the molecule is CSN1C(=O)C(OO)C1c1ccccc1[N+](=O)[O-]. The summed E-state index contributed by atoms with van der Waals surface area (Å²) in [5.74, 6) is -0.409. The Balaban J connectivity index is 2.41. The van der Waals surface area contributed by atoms with E-state index in [9.17, 15) is 14.9 Å². The van der Waals surface area contributed by atoms with E-state index in [0.717, 1.165) is 11.9 Å². The first-order valence-electron chi connectivity index (χ1n) is 5.02. The van der Waals surface area contributed by atoms with E-state index < -0.39 is 23.0 Å². The van der Waals surface area contributed by atoms with Crippen LogP contribution in [-0.2, 0) is 9.68 Å². The van der Waals surface area contributed by atoms with Crippen molar-refractivity contribution in [3.05, 3.63) is 39.9 Å². The molecule has 96 valence electrons. The molecule has 1 N–H and O–H groups in total. The van der Waals surface area contributed by atoms with Gasteiger partial charge in [0.1, 0.15) is 6.04 Å². The van der Waals surface area contributed by atoms with E-state index in [1.807, 2.05) is 0 Å². The van der Waals surface area contributed by atoms with Gasteiger partial charge in [-0.3, -0.25) is 24.5 Å². The fraction of sp³-hybridized carbons (Fsp3) is 0.300. The third-order valence-corrected chi connectivity index (χ3v) is 3.56. The molecule has 2 unspecified atom stereocenters. The molecule has 1 saturated heterocycles. The number of hydrogen-bond donors (Lipinski definition) is 1. The number of carbonyl (C=O) groups is 1. The highest BCUT2D eigenvalue weighted by atomic mass is 32.2. The molecule has 18 heavy (non-hydrogen) atoms. The van der Waals surface area contributed by atoms with Crippen molar-refractivity contribution in [1.29, 1.82) is 0 Å². The number of nitrogens with zero attached hydrogens (tertiary/aromatic N) is 2. The number of carbonyl (C=O) groups excluding carboxylic acids is 1. The molecule has 0 aromatic heterocycles. The molecule has 1 aromatic carbocycles. The van der Waals surface area contributed by atoms with Crippen LogP contribution in [0, 0.1) is 10.1 Å². The van der Waals surface area contributed by atoms with Crippen LogP contribution >= 0.6 is 11.9 Å². The summed E-state index contributed by atoms with van der Waals surface area (Å²) >= 11 is 1.13. The van der Waals surface area contributed by atoms with Crippen molar-refractivity contribution in [2.24, 2.45) is 0 Å². The van der Waals surface area contributed by atoms with Gasteiger partial charge in [0.25, 0.3) is 11.6 Å². The van der Waals surface area contributed by atoms with E-state index in [1.54, 1.807) is 24.5 Å². The monoisotopic (exact) mass is 270 g/mol. The number of hydrogen-bond acceptors (Lipinski definition) is 6. The topological polar surface area (TPSA) is 92.9 Å². The molecular weight excluding hydrogens is 260 g/mol. The molecular formula is C10H10N2O5S. The van der Waals surface area contributed by atoms with Gasteiger partial charge in [0.05, 0.1) is 10.5 Å². The summed E-state index contributed by atoms with van der Waals surface area (Å²) in [6.07, 6.45) is 0.589. The van der Waals surface area contributed by atoms with E-state index in [2.05, 4.69) is 4.89 Å². The molecule has 1 aromatic rings. The van der Waals surface area contributed by atoms with Gasteiger partial charge in [0.15, 0.2) is 6.10 Å². The molecule has 1 aliphatic rings. The average molecular weight is 270 g/mol. The number of nitro benzene ring substituents is 1. The summed E-state index contributed by atoms with van der Waals surface area (Å²) in [6, 6.07) is 5.42. The molecule has 1 heterocycles. The van der Waals surface area contributed by atoms with Crippen LogP contribution < -0.4 is 0 Å². The summed E-state index contributed by atoms with van der Waals surface area (Å²) in [5, 5.41) is 19.6. The van der Waals surface area contributed by atoms with Crippen LogP contribution in [0.2, 0.25) is 0 Å². The molecule has 0 spiro atoms. The number of para-hydroxylation sites is 1. The Bertz CT molecular complexity index is 481. The first-order chi connectivity index (χ1) is 8.61. The molecule has 8 heteroatoms. The smallest absolute Gasteiger partial charge is 0.273 e. The Kier molecular flexibility index (Phi) is 3.50. The van der Waals surface area contributed by atoms with E-state index in [4.69, 9.17) is 5.26 Å². The maximum Gasteiger partial charge on any atom is 0.274 e. The highest BCUT2D eigenvalue weighted by Gasteiger charge is 2.52. The second-order valence-electron chi connectivity index (χ2n) is 3.63. The molecule has 1 aliphatic heterocycles. The largest absolute Gasteiger partial charge is 0.274 e. The molecule has 0 bridgehead atoms. The number of β-lactam (4-membered cyclic amide) rings is 1. The van der Waals surface area contributed by atoms with Crippen molar-refractivity contribution in [1.82, 2.24) is 4.31 Å². The van der Waals surface area contributed by atoms with Gasteiger partial charge in [0, 0.05) is 12.3 Å². The fourth-order valence-electron chi connectivity index (χ4n) is 1.94. The van der Waals surface area contributed by atoms with Gasteiger partial charge in [-0.2, -0.15) is 0 Å². The normalized spacial score (nSPS) is 22.8. The van der Waals surface area contributed by atoms with E-state index >= 15 is 0 Å². The second kappa shape index (κ2) is 4.92. The van der Waals surface area contributed by atoms with Crippen molar-refractivity contribution in [3.63, 3.8) is 0 Å². The van der Waals surface area contributed by atoms with Crippen LogP contribution in [-0.4, -0.2) is 32.8 Å². The summed E-state index contributed by atoms with van der Waals surface area (Å²) in [6.45, 7) is 0. The predicted molar refractivity (Wildman–Crippen MR) is 63.7 cm³/mol. The number of rotatable bonds is 4. The zero-order chi connectivity index (χ0) is 13.3. The lowest BCUT2D eigenvalue weighted by molar-refractivity contribution is -0.386. The summed E-state index contributed by atoms with van der Waals surface area (Å²) < 4.78 is 1.34. The Morgan fingerprint density at radius 3 is 2.72 bits per heavy atom. The van der Waals surface area contributed by atoms with Crippen LogP contribution in [0.1, 0.15) is 11.6 Å². The predicted octanol–water partition coefficient (Wildman–Crippen LogP) is 1.61. The van der Waals surface area contributed by atoms with E-state index in [1.165, 1.54) is 10.4 Å². The number of amides is 1. The minimum absolute atomic E-state index is 0.101. The Labute approximate surface area is 107 Å². The summed E-state index contributed by atoms with van der Waals surface area (Å²) in [5.41, 5.74) is 0.242. The standard InChI is InChI=1S/C10H10N2O5S/c1-18-11-8(9(17-16)10(11)13)6-4-2-3-5-7(6)12(14)15/h2-5,8-9,16H,1H3. The minimum Gasteiger partial charge on any atom is -0.273 e. The highest BCUT2D eigenvalue weighted by Crippen LogP contribution is 2.43. The molecule has 1 amide bonds. The zero-order valence-corrected chi connectivity index (χ0v) is 10.2. The van der Waals surface area contributed by atoms with Gasteiger partial charge >= 0.3 is 0 Å². The first-order valence-corrected chi connectivity index (χ1v) is 6.20. The van der Waals surface area contributed by atoms with Gasteiger partial charge in [-0.1, -0.05) is 24.1 Å². The average Bonchev–Trinajstić information content (AvgIpc) is 2.36. The fourth-order valence-corrected chi connectivity index (χ4v) is 2.67. The first kappa shape index (κ1) is 12.8. The molecule has 7 nitrogen and oxygen atoms in total. The van der Waals surface area contributed by atoms with Crippen molar-refractivity contribution in [2.75, 3.05) is 6.26 Å². The van der Waals surface area contributed by atoms with Crippen LogP contribution in [0.15, 0.2) is 24.3 Å². The minimum atomic E-state index is -1.08. The van der Waals surface area contributed by atoms with E-state index in [0.29, 0.717) is 5.56 Å². The molecule has 0 aliphatic carbocycles. The van der Waals surface area contributed by atoms with Crippen molar-refractivity contribution < 1.29 is 19.9 Å². The maximum absolute atomic E-state index is 11.5. The number of nitro groups is 1. The Morgan fingerprint density at radius 2 is 2.17 bits per heavy atom. The maximum atomic E-state index is 11.5. The van der Waals surface area contributed by atoms with Gasteiger partial charge in [0.2, 0.25) is 0 Å². The summed E-state index contributed by atoms with van der Waals surface area (Å²) in [7, 11) is 0. The Hall–Kier alpha value is -1.64. The number of benzene rings is 1. The molecule has 1 fully saturated rings. The quantitative estimate of drug-likeness (QED) is 0.294. The lowest BCUT2D eigenvalue weighted by atomic mass is 9.92. The van der Waals surface area contributed by atoms with Gasteiger partial charge in [-0.15, -0.1) is 0 Å². The summed E-state index contributed by atoms with van der Waals surface area (Å²) in [4.78, 5) is 26.1. The molecule has 0 radical (unpaired) electrons. The van der Waals surface area contributed by atoms with Gasteiger partial charge in [-0.05, 0) is 6.07 Å². The lowest BCUT2D eigenvalue weighted by Gasteiger charge is -2.42. The van der Waals surface area contributed by atoms with Gasteiger partial charge < -0.3 is 0 Å². The molecule has 0 saturated carbocycles. The highest BCUT2D eigenvalue weighted by molar-refractivity contribution is 7.96. The third-order valence-electron chi connectivity index (χ3n) is 2.76.